The number of tetrazole rings is 1. The van der Waals surface area contributed by atoms with Gasteiger partial charge in [0.15, 0.2) is 5.82 Å². The van der Waals surface area contributed by atoms with Crippen molar-refractivity contribution in [1.82, 2.24) is 25.9 Å². The summed E-state index contributed by atoms with van der Waals surface area (Å²) < 4.78 is 0. The first-order valence-corrected chi connectivity index (χ1v) is 5.73. The first-order chi connectivity index (χ1) is 9.11. The summed E-state index contributed by atoms with van der Waals surface area (Å²) in [6, 6.07) is 4.85. The molecule has 100 valence electrons. The van der Waals surface area contributed by atoms with Crippen LogP contribution in [0.2, 0.25) is 0 Å². The minimum absolute atomic E-state index is 0.171. The Labute approximate surface area is 109 Å². The number of amides is 1. The second-order valence-electron chi connectivity index (χ2n) is 4.02. The van der Waals surface area contributed by atoms with Crippen molar-refractivity contribution in [2.45, 2.75) is 13.0 Å². The lowest BCUT2D eigenvalue weighted by Crippen LogP contribution is -2.18. The van der Waals surface area contributed by atoms with Crippen molar-refractivity contribution in [3.05, 3.63) is 29.6 Å². The van der Waals surface area contributed by atoms with E-state index in [2.05, 4.69) is 31.3 Å². The molecule has 1 aromatic heterocycles. The van der Waals surface area contributed by atoms with Gasteiger partial charge in [-0.2, -0.15) is 5.21 Å². The average molecular weight is 261 g/mol. The Morgan fingerprint density at radius 2 is 2.26 bits per heavy atom. The number of hydrogen-bond acceptors (Lipinski definition) is 6. The van der Waals surface area contributed by atoms with Crippen LogP contribution in [-0.4, -0.2) is 33.6 Å². The molecule has 1 atom stereocenters. The summed E-state index contributed by atoms with van der Waals surface area (Å²) in [5, 5.41) is 19.4. The maximum atomic E-state index is 11.6. The number of benzene rings is 1. The van der Waals surface area contributed by atoms with Crippen LogP contribution >= 0.6 is 0 Å². The third-order valence-electron chi connectivity index (χ3n) is 2.66. The van der Waals surface area contributed by atoms with Crippen molar-refractivity contribution in [2.75, 3.05) is 18.1 Å². The van der Waals surface area contributed by atoms with Gasteiger partial charge in [0.25, 0.3) is 5.91 Å². The molecule has 1 heterocycles. The quantitative estimate of drug-likeness (QED) is 0.588. The second-order valence-corrected chi connectivity index (χ2v) is 4.02. The van der Waals surface area contributed by atoms with E-state index in [0.29, 0.717) is 22.8 Å². The molecule has 0 aliphatic carbocycles. The number of anilines is 2. The van der Waals surface area contributed by atoms with Crippen molar-refractivity contribution in [1.29, 1.82) is 0 Å². The van der Waals surface area contributed by atoms with Gasteiger partial charge in [0.05, 0.1) is 17.4 Å². The lowest BCUT2D eigenvalue weighted by atomic mass is 10.1. The van der Waals surface area contributed by atoms with E-state index in [9.17, 15) is 4.79 Å². The lowest BCUT2D eigenvalue weighted by Gasteiger charge is -2.14. The van der Waals surface area contributed by atoms with E-state index in [1.807, 2.05) is 6.92 Å². The summed E-state index contributed by atoms with van der Waals surface area (Å²) in [6.45, 7) is 1.87. The molecular formula is C11H15N7O. The molecule has 0 fully saturated rings. The summed E-state index contributed by atoms with van der Waals surface area (Å²) in [6.07, 6.45) is 0. The van der Waals surface area contributed by atoms with Crippen molar-refractivity contribution < 1.29 is 4.79 Å². The molecule has 8 heteroatoms. The number of aromatic nitrogens is 4. The van der Waals surface area contributed by atoms with Crippen LogP contribution in [-0.2, 0) is 0 Å². The third kappa shape index (κ3) is 2.79. The molecule has 1 unspecified atom stereocenters. The van der Waals surface area contributed by atoms with Gasteiger partial charge in [0.2, 0.25) is 0 Å². The predicted molar refractivity (Wildman–Crippen MR) is 70.5 cm³/mol. The van der Waals surface area contributed by atoms with E-state index in [1.54, 1.807) is 25.2 Å². The monoisotopic (exact) mass is 261 g/mol. The second kappa shape index (κ2) is 5.34. The molecule has 5 N–H and O–H groups in total. The molecule has 0 aliphatic rings. The number of carbonyl (C=O) groups excluding carboxylic acids is 1. The number of rotatable bonds is 4. The molecule has 0 spiro atoms. The Bertz CT molecular complexity index is 566. The molecule has 0 saturated heterocycles. The standard InChI is InChI=1S/C11H15N7O/c1-6(10-15-17-18-16-10)14-9-5-7(11(19)13-2)3-4-8(9)12/h3-6,14H,12H2,1-2H3,(H,13,19)(H,15,16,17,18). The molecule has 19 heavy (non-hydrogen) atoms. The normalized spacial score (nSPS) is 11.9. The van der Waals surface area contributed by atoms with Gasteiger partial charge in [-0.05, 0) is 25.1 Å². The Kier molecular flexibility index (Phi) is 3.60. The molecule has 0 saturated carbocycles. The number of nitrogen functional groups attached to an aromatic ring is 1. The van der Waals surface area contributed by atoms with E-state index in [-0.39, 0.29) is 11.9 Å². The molecule has 1 amide bonds. The highest BCUT2D eigenvalue weighted by atomic mass is 16.1. The molecule has 8 nitrogen and oxygen atoms in total. The Morgan fingerprint density at radius 1 is 1.47 bits per heavy atom. The van der Waals surface area contributed by atoms with Crippen LogP contribution in [0.4, 0.5) is 11.4 Å². The van der Waals surface area contributed by atoms with Crippen LogP contribution < -0.4 is 16.4 Å². The largest absolute Gasteiger partial charge is 0.397 e. The molecule has 0 bridgehead atoms. The number of H-pyrrole nitrogens is 1. The number of nitrogens with one attached hydrogen (secondary N) is 3. The fourth-order valence-electron chi connectivity index (χ4n) is 1.62. The molecule has 0 radical (unpaired) electrons. The first-order valence-electron chi connectivity index (χ1n) is 5.73. The van der Waals surface area contributed by atoms with Gasteiger partial charge in [0.1, 0.15) is 0 Å². The third-order valence-corrected chi connectivity index (χ3v) is 2.66. The number of hydrogen-bond donors (Lipinski definition) is 4. The molecule has 0 aliphatic heterocycles. The Balaban J connectivity index is 2.22. The average Bonchev–Trinajstić information content (AvgIpc) is 2.94. The predicted octanol–water partition coefficient (Wildman–Crippen LogP) is 0.315. The van der Waals surface area contributed by atoms with Crippen LogP contribution in [0.5, 0.6) is 0 Å². The SMILES string of the molecule is CNC(=O)c1ccc(N)c(NC(C)c2nn[nH]n2)c1. The van der Waals surface area contributed by atoms with Crippen LogP contribution in [0, 0.1) is 0 Å². The van der Waals surface area contributed by atoms with Crippen LogP contribution in [0.3, 0.4) is 0 Å². The maximum absolute atomic E-state index is 11.6. The van der Waals surface area contributed by atoms with Crippen molar-refractivity contribution >= 4 is 17.3 Å². The number of aromatic amines is 1. The van der Waals surface area contributed by atoms with Gasteiger partial charge in [0, 0.05) is 12.6 Å². The van der Waals surface area contributed by atoms with E-state index in [1.165, 1.54) is 0 Å². The summed E-state index contributed by atoms with van der Waals surface area (Å²) in [4.78, 5) is 11.6. The van der Waals surface area contributed by atoms with Crippen molar-refractivity contribution in [3.63, 3.8) is 0 Å². The van der Waals surface area contributed by atoms with E-state index < -0.39 is 0 Å². The zero-order valence-corrected chi connectivity index (χ0v) is 10.6. The highest BCUT2D eigenvalue weighted by Gasteiger charge is 2.13. The maximum Gasteiger partial charge on any atom is 0.251 e. The van der Waals surface area contributed by atoms with Gasteiger partial charge in [-0.25, -0.2) is 0 Å². The van der Waals surface area contributed by atoms with Crippen molar-refractivity contribution in [3.8, 4) is 0 Å². The van der Waals surface area contributed by atoms with E-state index in [0.717, 1.165) is 0 Å². The molecular weight excluding hydrogens is 246 g/mol. The Morgan fingerprint density at radius 3 is 2.89 bits per heavy atom. The molecule has 1 aromatic carbocycles. The van der Waals surface area contributed by atoms with Gasteiger partial charge < -0.3 is 16.4 Å². The number of nitrogens with two attached hydrogens (primary N) is 1. The topological polar surface area (TPSA) is 122 Å². The smallest absolute Gasteiger partial charge is 0.251 e. The van der Waals surface area contributed by atoms with E-state index >= 15 is 0 Å². The number of nitrogens with zero attached hydrogens (tertiary/aromatic N) is 3. The van der Waals surface area contributed by atoms with Gasteiger partial charge in [-0.1, -0.05) is 5.21 Å². The number of carbonyl (C=O) groups is 1. The fraction of sp³-hybridized carbons (Fsp3) is 0.273. The van der Waals surface area contributed by atoms with Crippen LogP contribution in [0.25, 0.3) is 0 Å². The summed E-state index contributed by atoms with van der Waals surface area (Å²) in [5.41, 5.74) is 7.60. The zero-order chi connectivity index (χ0) is 13.8. The van der Waals surface area contributed by atoms with Gasteiger partial charge >= 0.3 is 0 Å². The highest BCUT2D eigenvalue weighted by molar-refractivity contribution is 5.96. The minimum atomic E-state index is -0.180. The summed E-state index contributed by atoms with van der Waals surface area (Å²) in [7, 11) is 1.58. The highest BCUT2D eigenvalue weighted by Crippen LogP contribution is 2.24. The molecule has 2 rings (SSSR count). The van der Waals surface area contributed by atoms with Crippen LogP contribution in [0.1, 0.15) is 29.1 Å². The van der Waals surface area contributed by atoms with Crippen molar-refractivity contribution in [2.24, 2.45) is 0 Å². The zero-order valence-electron chi connectivity index (χ0n) is 10.6. The lowest BCUT2D eigenvalue weighted by molar-refractivity contribution is 0.0963. The molecule has 2 aromatic rings. The summed E-state index contributed by atoms with van der Waals surface area (Å²) >= 11 is 0. The van der Waals surface area contributed by atoms with Gasteiger partial charge in [-0.15, -0.1) is 10.2 Å². The summed E-state index contributed by atoms with van der Waals surface area (Å²) in [5.74, 6) is 0.347. The Hall–Kier alpha value is -2.64. The van der Waals surface area contributed by atoms with Crippen LogP contribution in [0.15, 0.2) is 18.2 Å². The van der Waals surface area contributed by atoms with E-state index in [4.69, 9.17) is 5.73 Å². The van der Waals surface area contributed by atoms with Gasteiger partial charge in [-0.3, -0.25) is 4.79 Å². The first kappa shape index (κ1) is 12.8. The minimum Gasteiger partial charge on any atom is -0.397 e. The fourth-order valence-corrected chi connectivity index (χ4v) is 1.62.